The van der Waals surface area contributed by atoms with Crippen LogP contribution in [0.1, 0.15) is 0 Å². The van der Waals surface area contributed by atoms with Crippen LogP contribution in [0.4, 0.5) is 0 Å². The van der Waals surface area contributed by atoms with Gasteiger partial charge in [0.15, 0.2) is 0 Å². The van der Waals surface area contributed by atoms with E-state index in [2.05, 4.69) is 6.07 Å². The molecule has 0 unspecified atom stereocenters. The van der Waals surface area contributed by atoms with E-state index < -0.39 is 7.14 Å². The topological polar surface area (TPSA) is 17.1 Å². The van der Waals surface area contributed by atoms with E-state index in [1.54, 1.807) is 0 Å². The van der Waals surface area contributed by atoms with Crippen LogP contribution in [-0.4, -0.2) is 0 Å². The summed E-state index contributed by atoms with van der Waals surface area (Å²) in [5.41, 5.74) is 0. The van der Waals surface area contributed by atoms with Gasteiger partial charge in [-0.3, -0.25) is 0 Å². The number of hydrogen-bond donors (Lipinski definition) is 0. The summed E-state index contributed by atoms with van der Waals surface area (Å²) in [5.74, 6) is 0. The van der Waals surface area contributed by atoms with Crippen LogP contribution < -0.4 is 34.8 Å². The molecular weight excluding hydrogens is 270 g/mol. The maximum atomic E-state index is 13.8. The summed E-state index contributed by atoms with van der Waals surface area (Å²) < 4.78 is 13.8. The van der Waals surface area contributed by atoms with Crippen molar-refractivity contribution in [2.24, 2.45) is 0 Å². The van der Waals surface area contributed by atoms with Crippen LogP contribution in [0.2, 0.25) is 0 Å². The van der Waals surface area contributed by atoms with Crippen molar-refractivity contribution in [3.05, 3.63) is 91.0 Å². The van der Waals surface area contributed by atoms with Crippen molar-refractivity contribution in [2.75, 3.05) is 0 Å². The Morgan fingerprint density at radius 3 is 1.57 bits per heavy atom. The van der Waals surface area contributed by atoms with E-state index in [4.69, 9.17) is 0 Å². The summed E-state index contributed by atoms with van der Waals surface area (Å²) in [5, 5.41) is 2.43. The van der Waals surface area contributed by atoms with Crippen molar-refractivity contribution >= 4 is 23.1 Å². The zero-order valence-electron chi connectivity index (χ0n) is 11.9. The summed E-state index contributed by atoms with van der Waals surface area (Å²) in [6, 6.07) is 29.9. The summed E-state index contributed by atoms with van der Waals surface area (Å²) in [6.07, 6.45) is 0. The Morgan fingerprint density at radius 2 is 1.14 bits per heavy atom. The Hall–Kier alpha value is -1.51. The van der Waals surface area contributed by atoms with Crippen molar-refractivity contribution in [1.82, 2.24) is 0 Å². The Balaban J connectivity index is 0.00000161. The van der Waals surface area contributed by atoms with Gasteiger partial charge >= 0.3 is 18.9 Å². The van der Waals surface area contributed by atoms with Crippen LogP contribution in [0, 0.1) is 6.07 Å². The molecule has 0 saturated carbocycles. The minimum Gasteiger partial charge on any atom is -0.311 e. The molecule has 0 fully saturated rings. The molecule has 0 heterocycles. The molecule has 3 aromatic rings. The van der Waals surface area contributed by atoms with Gasteiger partial charge in [0.05, 0.1) is 0 Å². The summed E-state index contributed by atoms with van der Waals surface area (Å²) in [6.45, 7) is 0. The molecule has 0 aliphatic heterocycles. The monoisotopic (exact) mass is 284 g/mol. The molecule has 3 heteroatoms. The quantitative estimate of drug-likeness (QED) is 0.380. The van der Waals surface area contributed by atoms with E-state index in [0.717, 1.165) is 15.9 Å². The summed E-state index contributed by atoms with van der Waals surface area (Å²) >= 11 is 0. The average molecular weight is 284 g/mol. The molecule has 98 valence electrons. The molecule has 1 nitrogen and oxygen atoms in total. The molecule has 0 amide bonds. The second-order valence-electron chi connectivity index (χ2n) is 4.53. The number of rotatable bonds is 3. The van der Waals surface area contributed by atoms with Crippen LogP contribution in [0.3, 0.4) is 0 Å². The normalized spacial score (nSPS) is 10.7. The van der Waals surface area contributed by atoms with Crippen LogP contribution >= 0.6 is 7.14 Å². The van der Waals surface area contributed by atoms with Gasteiger partial charge in [0.2, 0.25) is 0 Å². The largest absolute Gasteiger partial charge is 1.00 e. The zero-order valence-corrected chi connectivity index (χ0v) is 12.8. The molecule has 0 atom stereocenters. The zero-order chi connectivity index (χ0) is 13.8. The van der Waals surface area contributed by atoms with Crippen molar-refractivity contribution in [3.63, 3.8) is 0 Å². The van der Waals surface area contributed by atoms with E-state index >= 15 is 0 Å². The number of benzene rings is 3. The fourth-order valence-corrected chi connectivity index (χ4v) is 4.87. The second-order valence-corrected chi connectivity index (χ2v) is 7.26. The first kappa shape index (κ1) is 15.9. The van der Waals surface area contributed by atoms with Crippen LogP contribution in [0.15, 0.2) is 84.9 Å². The molecule has 0 aromatic heterocycles. The smallest absolute Gasteiger partial charge is 0.311 e. The van der Waals surface area contributed by atoms with Crippen molar-refractivity contribution in [3.8, 4) is 0 Å². The first-order chi connectivity index (χ1) is 9.82. The fraction of sp³-hybridized carbons (Fsp3) is 0. The van der Waals surface area contributed by atoms with Crippen molar-refractivity contribution in [2.45, 2.75) is 0 Å². The Labute approximate surface area is 137 Å². The van der Waals surface area contributed by atoms with Gasteiger partial charge in [-0.15, -0.1) is 0 Å². The summed E-state index contributed by atoms with van der Waals surface area (Å²) in [7, 11) is -2.83. The van der Waals surface area contributed by atoms with Gasteiger partial charge in [-0.05, 0) is 0 Å². The second kappa shape index (κ2) is 6.97. The predicted molar refractivity (Wildman–Crippen MR) is 84.7 cm³/mol. The standard InChI is InChI=1S/C18H14OP.Li/c19-20(16-10-4-1-5-11-16,17-12-6-2-7-13-17)18-14-8-3-9-15-18;/h1-14H;/q-1;+1. The first-order valence-electron chi connectivity index (χ1n) is 6.50. The van der Waals surface area contributed by atoms with Crippen molar-refractivity contribution < 1.29 is 23.4 Å². The van der Waals surface area contributed by atoms with Crippen molar-refractivity contribution in [1.29, 1.82) is 0 Å². The van der Waals surface area contributed by atoms with Gasteiger partial charge < -0.3 is 4.57 Å². The third-order valence-electron chi connectivity index (χ3n) is 3.27. The maximum Gasteiger partial charge on any atom is 1.00 e. The SMILES string of the molecule is O=P(c1[c-]cccc1)(c1ccccc1)c1ccccc1.[Li+]. The van der Waals surface area contributed by atoms with Crippen LogP contribution in [0.25, 0.3) is 0 Å². The van der Waals surface area contributed by atoms with E-state index in [-0.39, 0.29) is 18.9 Å². The average Bonchev–Trinajstić information content (AvgIpc) is 2.56. The van der Waals surface area contributed by atoms with E-state index in [1.807, 2.05) is 84.9 Å². The van der Waals surface area contributed by atoms with Crippen LogP contribution in [0.5, 0.6) is 0 Å². The molecule has 21 heavy (non-hydrogen) atoms. The third kappa shape index (κ3) is 3.07. The Kier molecular flexibility index (Phi) is 5.26. The molecule has 0 N–H and O–H groups in total. The van der Waals surface area contributed by atoms with Gasteiger partial charge in [0.1, 0.15) is 7.14 Å². The molecule has 0 spiro atoms. The Morgan fingerprint density at radius 1 is 0.667 bits per heavy atom. The van der Waals surface area contributed by atoms with Gasteiger partial charge in [-0.1, -0.05) is 66.0 Å². The van der Waals surface area contributed by atoms with Gasteiger partial charge in [-0.2, -0.15) is 30.3 Å². The molecule has 0 radical (unpaired) electrons. The first-order valence-corrected chi connectivity index (χ1v) is 8.21. The fourth-order valence-electron chi connectivity index (χ4n) is 2.28. The van der Waals surface area contributed by atoms with E-state index in [0.29, 0.717) is 0 Å². The van der Waals surface area contributed by atoms with E-state index in [9.17, 15) is 4.57 Å². The maximum absolute atomic E-state index is 13.8. The Bertz CT molecular complexity index is 624. The summed E-state index contributed by atoms with van der Waals surface area (Å²) in [4.78, 5) is 0. The minimum absolute atomic E-state index is 0. The molecule has 3 rings (SSSR count). The molecule has 0 bridgehead atoms. The molecular formula is C18H14LiOP. The predicted octanol–water partition coefficient (Wildman–Crippen LogP) is 0.130. The van der Waals surface area contributed by atoms with E-state index in [1.165, 1.54) is 0 Å². The molecule has 0 aliphatic carbocycles. The molecule has 0 saturated heterocycles. The van der Waals surface area contributed by atoms with Gasteiger partial charge in [0.25, 0.3) is 0 Å². The molecule has 3 aromatic carbocycles. The number of hydrogen-bond acceptors (Lipinski definition) is 1. The molecule has 0 aliphatic rings. The van der Waals surface area contributed by atoms with Crippen LogP contribution in [-0.2, 0) is 4.57 Å². The van der Waals surface area contributed by atoms with Gasteiger partial charge in [-0.25, -0.2) is 0 Å². The minimum atomic E-state index is -2.83. The van der Waals surface area contributed by atoms with Gasteiger partial charge in [0, 0.05) is 10.6 Å². The third-order valence-corrected chi connectivity index (χ3v) is 6.28.